The summed E-state index contributed by atoms with van der Waals surface area (Å²) in [4.78, 5) is 21.7. The first kappa shape index (κ1) is 15.4. The highest BCUT2D eigenvalue weighted by atomic mass is 16.6. The lowest BCUT2D eigenvalue weighted by Gasteiger charge is -2.00. The Balaban J connectivity index is 1.79. The summed E-state index contributed by atoms with van der Waals surface area (Å²) in [6.45, 7) is 0. The second-order valence-electron chi connectivity index (χ2n) is 4.63. The standard InChI is InChI=1S/C16H15N3O3/c20-16(11-8-13-4-2-1-3-5-13)18-17-12-14-6-9-15(10-7-14)19(21)22/h1-7,9-10,12H,8,11H2,(H,18,20). The van der Waals surface area contributed by atoms with E-state index in [2.05, 4.69) is 10.5 Å². The summed E-state index contributed by atoms with van der Waals surface area (Å²) >= 11 is 0. The Bertz CT molecular complexity index is 667. The fourth-order valence-corrected chi connectivity index (χ4v) is 1.82. The van der Waals surface area contributed by atoms with Crippen molar-refractivity contribution in [2.75, 3.05) is 0 Å². The molecule has 22 heavy (non-hydrogen) atoms. The molecule has 2 aromatic carbocycles. The van der Waals surface area contributed by atoms with Crippen LogP contribution in [0.4, 0.5) is 5.69 Å². The predicted octanol–water partition coefficient (Wildman–Crippen LogP) is 2.68. The average Bonchev–Trinajstić information content (AvgIpc) is 2.54. The number of carbonyl (C=O) groups excluding carboxylic acids is 1. The summed E-state index contributed by atoms with van der Waals surface area (Å²) < 4.78 is 0. The van der Waals surface area contributed by atoms with Crippen molar-refractivity contribution in [3.63, 3.8) is 0 Å². The first-order valence-corrected chi connectivity index (χ1v) is 6.75. The summed E-state index contributed by atoms with van der Waals surface area (Å²) in [5.41, 5.74) is 4.22. The van der Waals surface area contributed by atoms with E-state index in [9.17, 15) is 14.9 Å². The van der Waals surface area contributed by atoms with Gasteiger partial charge in [0.1, 0.15) is 0 Å². The molecule has 0 bridgehead atoms. The Morgan fingerprint density at radius 3 is 2.45 bits per heavy atom. The molecule has 1 amide bonds. The second kappa shape index (κ2) is 7.68. The second-order valence-corrected chi connectivity index (χ2v) is 4.63. The highest BCUT2D eigenvalue weighted by Gasteiger charge is 2.03. The normalized spacial score (nSPS) is 10.5. The summed E-state index contributed by atoms with van der Waals surface area (Å²) in [7, 11) is 0. The Morgan fingerprint density at radius 1 is 1.14 bits per heavy atom. The number of hydrogen-bond donors (Lipinski definition) is 1. The maximum absolute atomic E-state index is 11.6. The van der Waals surface area contributed by atoms with E-state index in [-0.39, 0.29) is 11.6 Å². The molecule has 0 fully saturated rings. The van der Waals surface area contributed by atoms with Gasteiger partial charge in [0.2, 0.25) is 5.91 Å². The smallest absolute Gasteiger partial charge is 0.269 e. The summed E-state index contributed by atoms with van der Waals surface area (Å²) in [5.74, 6) is -0.179. The van der Waals surface area contributed by atoms with Gasteiger partial charge in [0, 0.05) is 18.6 Å². The lowest BCUT2D eigenvalue weighted by molar-refractivity contribution is -0.384. The van der Waals surface area contributed by atoms with Crippen molar-refractivity contribution < 1.29 is 9.72 Å². The SMILES string of the molecule is O=C(CCc1ccccc1)NN=Cc1ccc([N+](=O)[O-])cc1. The molecule has 0 aliphatic heterocycles. The highest BCUT2D eigenvalue weighted by Crippen LogP contribution is 2.10. The van der Waals surface area contributed by atoms with Gasteiger partial charge in [-0.2, -0.15) is 5.10 Å². The molecule has 2 rings (SSSR count). The first-order chi connectivity index (χ1) is 10.6. The number of rotatable bonds is 6. The Labute approximate surface area is 127 Å². The molecular weight excluding hydrogens is 282 g/mol. The number of hydrogen-bond acceptors (Lipinski definition) is 4. The summed E-state index contributed by atoms with van der Waals surface area (Å²) in [5, 5.41) is 14.4. The maximum atomic E-state index is 11.6. The number of nitro benzene ring substituents is 1. The van der Waals surface area contributed by atoms with Crippen molar-refractivity contribution in [2.24, 2.45) is 5.10 Å². The number of hydrazone groups is 1. The maximum Gasteiger partial charge on any atom is 0.269 e. The van der Waals surface area contributed by atoms with Crippen LogP contribution in [0.2, 0.25) is 0 Å². The van der Waals surface area contributed by atoms with Crippen LogP contribution < -0.4 is 5.43 Å². The molecule has 0 aromatic heterocycles. The lowest BCUT2D eigenvalue weighted by Crippen LogP contribution is -2.17. The summed E-state index contributed by atoms with van der Waals surface area (Å²) in [6, 6.07) is 15.6. The largest absolute Gasteiger partial charge is 0.273 e. The number of benzene rings is 2. The van der Waals surface area contributed by atoms with E-state index in [1.807, 2.05) is 30.3 Å². The van der Waals surface area contributed by atoms with E-state index in [1.54, 1.807) is 12.1 Å². The molecule has 0 aliphatic carbocycles. The van der Waals surface area contributed by atoms with Crippen LogP contribution in [0.25, 0.3) is 0 Å². The molecule has 0 spiro atoms. The van der Waals surface area contributed by atoms with E-state index in [1.165, 1.54) is 18.3 Å². The molecule has 0 atom stereocenters. The van der Waals surface area contributed by atoms with Crippen LogP contribution >= 0.6 is 0 Å². The van der Waals surface area contributed by atoms with Gasteiger partial charge in [0.05, 0.1) is 11.1 Å². The Kier molecular flexibility index (Phi) is 5.37. The van der Waals surface area contributed by atoms with Crippen LogP contribution in [0.15, 0.2) is 59.7 Å². The van der Waals surface area contributed by atoms with Crippen molar-refractivity contribution in [2.45, 2.75) is 12.8 Å². The molecule has 0 unspecified atom stereocenters. The number of nitro groups is 1. The van der Waals surface area contributed by atoms with Gasteiger partial charge in [-0.05, 0) is 29.7 Å². The molecular formula is C16H15N3O3. The zero-order valence-corrected chi connectivity index (χ0v) is 11.8. The van der Waals surface area contributed by atoms with Gasteiger partial charge in [-0.15, -0.1) is 0 Å². The molecule has 0 radical (unpaired) electrons. The third-order valence-corrected chi connectivity index (χ3v) is 2.99. The van der Waals surface area contributed by atoms with Gasteiger partial charge in [0.15, 0.2) is 0 Å². The fraction of sp³-hybridized carbons (Fsp3) is 0.125. The average molecular weight is 297 g/mol. The van der Waals surface area contributed by atoms with E-state index < -0.39 is 4.92 Å². The van der Waals surface area contributed by atoms with Gasteiger partial charge in [-0.3, -0.25) is 14.9 Å². The minimum Gasteiger partial charge on any atom is -0.273 e. The van der Waals surface area contributed by atoms with Crippen molar-refractivity contribution >= 4 is 17.8 Å². The Hall–Kier alpha value is -3.02. The van der Waals surface area contributed by atoms with Gasteiger partial charge < -0.3 is 0 Å². The van der Waals surface area contributed by atoms with Crippen molar-refractivity contribution in [3.05, 3.63) is 75.8 Å². The van der Waals surface area contributed by atoms with Crippen LogP contribution in [-0.2, 0) is 11.2 Å². The minimum atomic E-state index is -0.466. The molecule has 6 heteroatoms. The predicted molar refractivity (Wildman–Crippen MR) is 83.6 cm³/mol. The molecule has 0 saturated heterocycles. The molecule has 0 heterocycles. The van der Waals surface area contributed by atoms with E-state index in [0.717, 1.165) is 5.56 Å². The number of nitrogens with zero attached hydrogens (tertiary/aromatic N) is 2. The van der Waals surface area contributed by atoms with Crippen molar-refractivity contribution in [1.82, 2.24) is 5.43 Å². The molecule has 0 saturated carbocycles. The van der Waals surface area contributed by atoms with E-state index in [4.69, 9.17) is 0 Å². The van der Waals surface area contributed by atoms with Crippen LogP contribution in [-0.4, -0.2) is 17.0 Å². The number of nitrogens with one attached hydrogen (secondary N) is 1. The van der Waals surface area contributed by atoms with Crippen LogP contribution in [0.5, 0.6) is 0 Å². The summed E-state index contributed by atoms with van der Waals surface area (Å²) in [6.07, 6.45) is 2.45. The van der Waals surface area contributed by atoms with Crippen LogP contribution in [0, 0.1) is 10.1 Å². The quantitative estimate of drug-likeness (QED) is 0.505. The molecule has 112 valence electrons. The van der Waals surface area contributed by atoms with Crippen molar-refractivity contribution in [1.29, 1.82) is 0 Å². The van der Waals surface area contributed by atoms with Gasteiger partial charge in [0.25, 0.3) is 5.69 Å². The van der Waals surface area contributed by atoms with Gasteiger partial charge in [-0.25, -0.2) is 5.43 Å². The highest BCUT2D eigenvalue weighted by molar-refractivity contribution is 5.82. The molecule has 1 N–H and O–H groups in total. The number of aryl methyl sites for hydroxylation is 1. The van der Waals surface area contributed by atoms with Crippen LogP contribution in [0.1, 0.15) is 17.5 Å². The lowest BCUT2D eigenvalue weighted by atomic mass is 10.1. The number of carbonyl (C=O) groups is 1. The van der Waals surface area contributed by atoms with E-state index in [0.29, 0.717) is 18.4 Å². The molecule has 6 nitrogen and oxygen atoms in total. The third kappa shape index (κ3) is 4.82. The van der Waals surface area contributed by atoms with Gasteiger partial charge in [-0.1, -0.05) is 30.3 Å². The monoisotopic (exact) mass is 297 g/mol. The topological polar surface area (TPSA) is 84.6 Å². The number of amides is 1. The molecule has 2 aromatic rings. The van der Waals surface area contributed by atoms with E-state index >= 15 is 0 Å². The zero-order valence-electron chi connectivity index (χ0n) is 11.8. The third-order valence-electron chi connectivity index (χ3n) is 2.99. The number of non-ortho nitro benzene ring substituents is 1. The van der Waals surface area contributed by atoms with Crippen LogP contribution in [0.3, 0.4) is 0 Å². The first-order valence-electron chi connectivity index (χ1n) is 6.75. The van der Waals surface area contributed by atoms with Crippen molar-refractivity contribution in [3.8, 4) is 0 Å². The fourth-order valence-electron chi connectivity index (χ4n) is 1.82. The molecule has 0 aliphatic rings. The Morgan fingerprint density at radius 2 is 1.82 bits per heavy atom. The van der Waals surface area contributed by atoms with Gasteiger partial charge >= 0.3 is 0 Å². The zero-order chi connectivity index (χ0) is 15.8. The minimum absolute atomic E-state index is 0.0176.